The third-order valence-electron chi connectivity index (χ3n) is 9.50. The topological polar surface area (TPSA) is 29.3 Å². The normalized spacial score (nSPS) is 11.7. The first kappa shape index (κ1) is 27.8. The lowest BCUT2D eigenvalue weighted by Crippen LogP contribution is -2.10. The van der Waals surface area contributed by atoms with Gasteiger partial charge in [-0.3, -0.25) is 0 Å². The molecule has 2 heterocycles. The fourth-order valence-corrected chi connectivity index (χ4v) is 8.26. The Morgan fingerprint density at radius 2 is 1.10 bits per heavy atom. The van der Waals surface area contributed by atoms with Crippen molar-refractivity contribution in [1.82, 2.24) is 4.98 Å². The maximum absolute atomic E-state index is 6.56. The molecule has 0 N–H and O–H groups in total. The summed E-state index contributed by atoms with van der Waals surface area (Å²) in [4.78, 5) is 7.32. The maximum atomic E-state index is 6.56. The smallest absolute Gasteiger partial charge is 0.227 e. The molecule has 0 spiro atoms. The van der Waals surface area contributed by atoms with Gasteiger partial charge >= 0.3 is 0 Å². The van der Waals surface area contributed by atoms with Gasteiger partial charge < -0.3 is 9.32 Å². The average Bonchev–Trinajstić information content (AvgIpc) is 3.77. The summed E-state index contributed by atoms with van der Waals surface area (Å²) in [5, 5.41) is 7.28. The Morgan fingerprint density at radius 3 is 1.96 bits per heavy atom. The van der Waals surface area contributed by atoms with Crippen molar-refractivity contribution in [2.45, 2.75) is 0 Å². The monoisotopic (exact) mass is 644 g/mol. The number of hydrogen-bond acceptors (Lipinski definition) is 4. The average molecular weight is 645 g/mol. The molecule has 10 aromatic rings. The lowest BCUT2D eigenvalue weighted by Gasteiger charge is -2.27. The first-order valence-electron chi connectivity index (χ1n) is 16.5. The van der Waals surface area contributed by atoms with Crippen molar-refractivity contribution in [1.29, 1.82) is 0 Å². The van der Waals surface area contributed by atoms with Crippen LogP contribution in [0, 0.1) is 0 Å². The summed E-state index contributed by atoms with van der Waals surface area (Å²) in [6.07, 6.45) is 0. The summed E-state index contributed by atoms with van der Waals surface area (Å²) < 4.78 is 9.16. The van der Waals surface area contributed by atoms with Crippen molar-refractivity contribution in [3.63, 3.8) is 0 Å². The van der Waals surface area contributed by atoms with Crippen LogP contribution in [0.4, 0.5) is 17.1 Å². The number of benzene rings is 8. The number of rotatable bonds is 5. The predicted molar refractivity (Wildman–Crippen MR) is 207 cm³/mol. The summed E-state index contributed by atoms with van der Waals surface area (Å²) in [6.45, 7) is 0. The molecule has 0 aliphatic carbocycles. The molecular formula is C45H28N2OS. The van der Waals surface area contributed by atoms with E-state index in [1.54, 1.807) is 0 Å². The van der Waals surface area contributed by atoms with E-state index in [0.717, 1.165) is 50.2 Å². The van der Waals surface area contributed by atoms with Crippen molar-refractivity contribution in [2.24, 2.45) is 0 Å². The van der Waals surface area contributed by atoms with Crippen LogP contribution in [-0.2, 0) is 0 Å². The molecule has 230 valence electrons. The molecule has 8 aromatic carbocycles. The van der Waals surface area contributed by atoms with Gasteiger partial charge in [-0.15, -0.1) is 11.3 Å². The minimum atomic E-state index is 0.634. The lowest BCUT2D eigenvalue weighted by molar-refractivity contribution is 0.621. The number of aromatic nitrogens is 1. The Morgan fingerprint density at radius 1 is 0.469 bits per heavy atom. The Kier molecular flexibility index (Phi) is 6.36. The van der Waals surface area contributed by atoms with E-state index < -0.39 is 0 Å². The highest BCUT2D eigenvalue weighted by Gasteiger charge is 2.19. The number of anilines is 3. The van der Waals surface area contributed by atoms with E-state index in [4.69, 9.17) is 9.40 Å². The van der Waals surface area contributed by atoms with E-state index in [0.29, 0.717) is 5.89 Å². The van der Waals surface area contributed by atoms with E-state index in [-0.39, 0.29) is 0 Å². The van der Waals surface area contributed by atoms with Crippen LogP contribution in [0.3, 0.4) is 0 Å². The fourth-order valence-electron chi connectivity index (χ4n) is 7.18. The van der Waals surface area contributed by atoms with Crippen molar-refractivity contribution < 1.29 is 4.42 Å². The van der Waals surface area contributed by atoms with Gasteiger partial charge in [-0.2, -0.15) is 0 Å². The first-order valence-corrected chi connectivity index (χ1v) is 17.3. The SMILES string of the molecule is c1ccc2c(-c3nc4cccc(-c5ccc(N(c6ccc7sc8ccccc8c7c6)c6cccc7ccccc67)cc5)c4o3)cccc2c1. The second-order valence-electron chi connectivity index (χ2n) is 12.4. The highest BCUT2D eigenvalue weighted by atomic mass is 32.1. The van der Waals surface area contributed by atoms with Gasteiger partial charge in [0.15, 0.2) is 5.58 Å². The van der Waals surface area contributed by atoms with E-state index in [1.165, 1.54) is 36.3 Å². The van der Waals surface area contributed by atoms with Gasteiger partial charge in [-0.05, 0) is 76.3 Å². The summed E-state index contributed by atoms with van der Waals surface area (Å²) in [5.74, 6) is 0.634. The van der Waals surface area contributed by atoms with Crippen LogP contribution < -0.4 is 4.90 Å². The zero-order chi connectivity index (χ0) is 32.3. The van der Waals surface area contributed by atoms with Gasteiger partial charge in [0.2, 0.25) is 5.89 Å². The van der Waals surface area contributed by atoms with E-state index in [9.17, 15) is 0 Å². The van der Waals surface area contributed by atoms with Gasteiger partial charge in [0, 0.05) is 48.1 Å². The van der Waals surface area contributed by atoms with Crippen LogP contribution in [0.5, 0.6) is 0 Å². The highest BCUT2D eigenvalue weighted by Crippen LogP contribution is 2.43. The molecule has 3 nitrogen and oxygen atoms in total. The van der Waals surface area contributed by atoms with Crippen LogP contribution in [0.25, 0.3) is 75.4 Å². The predicted octanol–water partition coefficient (Wildman–Crippen LogP) is 13.3. The summed E-state index contributed by atoms with van der Waals surface area (Å²) in [5.41, 5.74) is 8.07. The minimum absolute atomic E-state index is 0.634. The molecular weight excluding hydrogens is 617 g/mol. The molecule has 0 atom stereocenters. The standard InChI is InChI=1S/C45H28N2OS/c1-3-14-34-29(10-1)12-7-18-38(34)45-46-40-19-9-17-36(44(40)48-45)31-22-24-32(25-23-31)47(41-20-8-13-30-11-2-4-15-35(30)41)33-26-27-43-39(28-33)37-16-5-6-21-42(37)49-43/h1-28H. The third-order valence-corrected chi connectivity index (χ3v) is 10.6. The molecule has 0 saturated carbocycles. The van der Waals surface area contributed by atoms with Crippen LogP contribution >= 0.6 is 11.3 Å². The summed E-state index contributed by atoms with van der Waals surface area (Å²) in [7, 11) is 0. The molecule has 0 fully saturated rings. The summed E-state index contributed by atoms with van der Waals surface area (Å²) in [6, 6.07) is 60.4. The van der Waals surface area contributed by atoms with Crippen LogP contribution in [0.15, 0.2) is 174 Å². The number of para-hydroxylation sites is 1. The Labute approximate surface area is 286 Å². The van der Waals surface area contributed by atoms with Crippen molar-refractivity contribution in [2.75, 3.05) is 4.90 Å². The zero-order valence-electron chi connectivity index (χ0n) is 26.4. The fraction of sp³-hybridized carbons (Fsp3) is 0. The molecule has 0 unspecified atom stereocenters. The quantitative estimate of drug-likeness (QED) is 0.187. The maximum Gasteiger partial charge on any atom is 0.227 e. The zero-order valence-corrected chi connectivity index (χ0v) is 27.2. The third kappa shape index (κ3) is 4.61. The molecule has 0 amide bonds. The number of thiophene rings is 1. The first-order chi connectivity index (χ1) is 24.3. The molecule has 0 aliphatic rings. The second-order valence-corrected chi connectivity index (χ2v) is 13.4. The van der Waals surface area contributed by atoms with Crippen LogP contribution in [-0.4, -0.2) is 4.98 Å². The lowest BCUT2D eigenvalue weighted by atomic mass is 10.0. The van der Waals surface area contributed by atoms with Crippen LogP contribution in [0.1, 0.15) is 0 Å². The number of nitrogens with zero attached hydrogens (tertiary/aromatic N) is 2. The molecule has 0 bridgehead atoms. The molecule has 0 radical (unpaired) electrons. The van der Waals surface area contributed by atoms with Crippen LogP contribution in [0.2, 0.25) is 0 Å². The van der Waals surface area contributed by atoms with Crippen molar-refractivity contribution in [3.8, 4) is 22.6 Å². The number of oxazole rings is 1. The van der Waals surface area contributed by atoms with Gasteiger partial charge in [0.05, 0.1) is 5.69 Å². The minimum Gasteiger partial charge on any atom is -0.435 e. The van der Waals surface area contributed by atoms with Gasteiger partial charge in [-0.25, -0.2) is 4.98 Å². The highest BCUT2D eigenvalue weighted by molar-refractivity contribution is 7.25. The molecule has 49 heavy (non-hydrogen) atoms. The number of hydrogen-bond donors (Lipinski definition) is 0. The second kappa shape index (κ2) is 11.2. The molecule has 10 rings (SSSR count). The number of fused-ring (bicyclic) bond motifs is 6. The van der Waals surface area contributed by atoms with E-state index in [1.807, 2.05) is 17.4 Å². The summed E-state index contributed by atoms with van der Waals surface area (Å²) >= 11 is 1.84. The van der Waals surface area contributed by atoms with E-state index in [2.05, 4.69) is 169 Å². The van der Waals surface area contributed by atoms with Crippen molar-refractivity contribution >= 4 is 81.2 Å². The van der Waals surface area contributed by atoms with Gasteiger partial charge in [-0.1, -0.05) is 115 Å². The molecule has 4 heteroatoms. The Balaban J connectivity index is 1.11. The van der Waals surface area contributed by atoms with Crippen molar-refractivity contribution in [3.05, 3.63) is 170 Å². The van der Waals surface area contributed by atoms with Gasteiger partial charge in [0.25, 0.3) is 0 Å². The molecule has 0 aliphatic heterocycles. The molecule has 2 aromatic heterocycles. The largest absolute Gasteiger partial charge is 0.435 e. The Bertz CT molecular complexity index is 2840. The van der Waals surface area contributed by atoms with E-state index >= 15 is 0 Å². The molecule has 0 saturated heterocycles. The van der Waals surface area contributed by atoms with Gasteiger partial charge in [0.1, 0.15) is 5.52 Å². The Hall–Kier alpha value is -6.23.